The maximum absolute atomic E-state index is 11.7. The number of aromatic hydroxyl groups is 2. The molecule has 1 aromatic heterocycles. The SMILES string of the molecule is COc1ccc2c(c1)N=C(C(=O)O)/C2=C/c1sc(=S)n(-c2ccc(O)cc2)c1O. The summed E-state index contributed by atoms with van der Waals surface area (Å²) < 4.78 is 7.00. The second-order valence-corrected chi connectivity index (χ2v) is 7.79. The second-order valence-electron chi connectivity index (χ2n) is 6.11. The Morgan fingerprint density at radius 3 is 2.59 bits per heavy atom. The molecule has 7 nitrogen and oxygen atoms in total. The van der Waals surface area contributed by atoms with Crippen LogP contribution in [0.3, 0.4) is 0 Å². The summed E-state index contributed by atoms with van der Waals surface area (Å²) >= 11 is 6.51. The normalized spacial score (nSPS) is 14.0. The molecule has 0 radical (unpaired) electrons. The highest BCUT2D eigenvalue weighted by atomic mass is 32.1. The molecule has 0 saturated heterocycles. The summed E-state index contributed by atoms with van der Waals surface area (Å²) in [4.78, 5) is 16.3. The van der Waals surface area contributed by atoms with Gasteiger partial charge in [-0.2, -0.15) is 0 Å². The first-order valence-electron chi connectivity index (χ1n) is 8.35. The lowest BCUT2D eigenvalue weighted by atomic mass is 10.0. The molecule has 0 atom stereocenters. The Morgan fingerprint density at radius 2 is 1.93 bits per heavy atom. The van der Waals surface area contributed by atoms with E-state index in [1.807, 2.05) is 0 Å². The van der Waals surface area contributed by atoms with Gasteiger partial charge in [0.1, 0.15) is 11.5 Å². The number of carbonyl (C=O) groups is 1. The fraction of sp³-hybridized carbons (Fsp3) is 0.0500. The third-order valence-electron chi connectivity index (χ3n) is 4.38. The van der Waals surface area contributed by atoms with Crippen LogP contribution < -0.4 is 4.74 Å². The summed E-state index contributed by atoms with van der Waals surface area (Å²) in [6.07, 6.45) is 1.57. The lowest BCUT2D eigenvalue weighted by molar-refractivity contribution is -0.129. The average Bonchev–Trinajstić information content (AvgIpc) is 3.20. The summed E-state index contributed by atoms with van der Waals surface area (Å²) in [5.74, 6) is -0.634. The summed E-state index contributed by atoms with van der Waals surface area (Å²) in [6.45, 7) is 0. The van der Waals surface area contributed by atoms with E-state index in [0.717, 1.165) is 11.3 Å². The first-order chi connectivity index (χ1) is 13.9. The number of aromatic nitrogens is 1. The van der Waals surface area contributed by atoms with Gasteiger partial charge in [0.2, 0.25) is 5.88 Å². The molecule has 2 heterocycles. The van der Waals surface area contributed by atoms with Crippen LogP contribution in [0.2, 0.25) is 0 Å². The smallest absolute Gasteiger partial charge is 0.355 e. The van der Waals surface area contributed by atoms with Crippen LogP contribution in [0.4, 0.5) is 5.69 Å². The molecule has 2 aromatic carbocycles. The van der Waals surface area contributed by atoms with E-state index < -0.39 is 5.97 Å². The Bertz CT molecular complexity index is 1250. The van der Waals surface area contributed by atoms with Crippen molar-refractivity contribution in [3.05, 3.63) is 56.9 Å². The first-order valence-corrected chi connectivity index (χ1v) is 9.58. The van der Waals surface area contributed by atoms with E-state index in [4.69, 9.17) is 17.0 Å². The Hall–Kier alpha value is -3.43. The molecule has 0 unspecified atom stereocenters. The molecule has 1 aliphatic heterocycles. The number of nitrogens with zero attached hydrogens (tertiary/aromatic N) is 2. The molecule has 1 aliphatic rings. The number of carboxylic acids is 1. The third kappa shape index (κ3) is 3.30. The predicted molar refractivity (Wildman–Crippen MR) is 113 cm³/mol. The molecule has 0 aliphatic carbocycles. The molecule has 0 amide bonds. The number of hydrogen-bond acceptors (Lipinski definition) is 7. The number of carboxylic acid groups (broad SMARTS) is 1. The Labute approximate surface area is 174 Å². The van der Waals surface area contributed by atoms with Gasteiger partial charge in [0.05, 0.1) is 23.4 Å². The van der Waals surface area contributed by atoms with Crippen LogP contribution in [-0.4, -0.2) is 38.7 Å². The number of ether oxygens (including phenoxy) is 1. The Balaban J connectivity index is 1.85. The van der Waals surface area contributed by atoms with Gasteiger partial charge in [-0.25, -0.2) is 9.79 Å². The number of phenols is 1. The quantitative estimate of drug-likeness (QED) is 0.534. The highest BCUT2D eigenvalue weighted by molar-refractivity contribution is 7.73. The van der Waals surface area contributed by atoms with Crippen molar-refractivity contribution in [2.45, 2.75) is 0 Å². The van der Waals surface area contributed by atoms with Crippen molar-refractivity contribution in [2.24, 2.45) is 4.99 Å². The molecule has 0 spiro atoms. The average molecular weight is 426 g/mol. The highest BCUT2D eigenvalue weighted by Crippen LogP contribution is 2.41. The number of aliphatic imine (C=N–C) groups is 1. The number of rotatable bonds is 4. The Morgan fingerprint density at radius 1 is 1.21 bits per heavy atom. The van der Waals surface area contributed by atoms with E-state index in [0.29, 0.717) is 37.1 Å². The minimum absolute atomic E-state index is 0.0950. The van der Waals surface area contributed by atoms with Crippen molar-refractivity contribution < 1.29 is 24.9 Å². The number of thiazole rings is 1. The molecule has 0 saturated carbocycles. The first kappa shape index (κ1) is 18.9. The van der Waals surface area contributed by atoms with Crippen molar-refractivity contribution in [3.8, 4) is 23.1 Å². The summed E-state index contributed by atoms with van der Waals surface area (Å²) in [6, 6.07) is 11.3. The van der Waals surface area contributed by atoms with Crippen LogP contribution in [0, 0.1) is 3.95 Å². The van der Waals surface area contributed by atoms with E-state index in [2.05, 4.69) is 4.99 Å². The minimum Gasteiger partial charge on any atom is -0.508 e. The second kappa shape index (κ2) is 7.19. The molecule has 0 bridgehead atoms. The third-order valence-corrected chi connectivity index (χ3v) is 5.69. The van der Waals surface area contributed by atoms with E-state index in [9.17, 15) is 20.1 Å². The fourth-order valence-electron chi connectivity index (χ4n) is 3.01. The molecule has 4 rings (SSSR count). The molecule has 146 valence electrons. The van der Waals surface area contributed by atoms with Crippen LogP contribution in [0.15, 0.2) is 47.5 Å². The van der Waals surface area contributed by atoms with Crippen molar-refractivity contribution in [3.63, 3.8) is 0 Å². The standard InChI is InChI=1S/C20H14N2O5S2/c1-27-12-6-7-13-14(17(19(25)26)21-15(13)8-12)9-16-18(24)22(20(28)29-16)10-2-4-11(23)5-3-10/h2-9,23-24H,1H3,(H,25,26)/b14-9+. The molecular formula is C20H14N2O5S2. The molecule has 3 aromatic rings. The number of aliphatic carboxylic acids is 1. The van der Waals surface area contributed by atoms with Crippen LogP contribution in [0.1, 0.15) is 10.4 Å². The monoisotopic (exact) mass is 426 g/mol. The number of hydrogen-bond donors (Lipinski definition) is 3. The number of phenolic OH excluding ortho intramolecular Hbond substituents is 1. The summed E-state index contributed by atoms with van der Waals surface area (Å²) in [5.41, 5.74) is 1.93. The Kier molecular flexibility index (Phi) is 4.69. The van der Waals surface area contributed by atoms with Crippen molar-refractivity contribution in [1.29, 1.82) is 0 Å². The molecule has 3 N–H and O–H groups in total. The van der Waals surface area contributed by atoms with Crippen LogP contribution in [0.25, 0.3) is 17.3 Å². The van der Waals surface area contributed by atoms with E-state index in [1.54, 1.807) is 36.4 Å². The zero-order chi connectivity index (χ0) is 20.7. The minimum atomic E-state index is -1.17. The molecule has 29 heavy (non-hydrogen) atoms. The number of benzene rings is 2. The van der Waals surface area contributed by atoms with Gasteiger partial charge in [0.25, 0.3) is 0 Å². The van der Waals surface area contributed by atoms with Gasteiger partial charge < -0.3 is 20.1 Å². The van der Waals surface area contributed by atoms with Gasteiger partial charge >= 0.3 is 5.97 Å². The lowest BCUT2D eigenvalue weighted by Gasteiger charge is -2.06. The van der Waals surface area contributed by atoms with E-state index in [-0.39, 0.29) is 17.3 Å². The largest absolute Gasteiger partial charge is 0.508 e. The molecule has 0 fully saturated rings. The van der Waals surface area contributed by atoms with Crippen LogP contribution in [0.5, 0.6) is 17.4 Å². The fourth-order valence-corrected chi connectivity index (χ4v) is 4.30. The van der Waals surface area contributed by atoms with Gasteiger partial charge in [0, 0.05) is 17.2 Å². The maximum atomic E-state index is 11.7. The lowest BCUT2D eigenvalue weighted by Crippen LogP contribution is -2.11. The topological polar surface area (TPSA) is 104 Å². The van der Waals surface area contributed by atoms with Crippen molar-refractivity contribution >= 4 is 52.6 Å². The number of fused-ring (bicyclic) bond motifs is 1. The zero-order valence-electron chi connectivity index (χ0n) is 15.0. The van der Waals surface area contributed by atoms with Crippen LogP contribution in [-0.2, 0) is 4.79 Å². The predicted octanol–water partition coefficient (Wildman–Crippen LogP) is 4.40. The van der Waals surface area contributed by atoms with E-state index >= 15 is 0 Å². The maximum Gasteiger partial charge on any atom is 0.355 e. The summed E-state index contributed by atoms with van der Waals surface area (Å²) in [5, 5.41) is 29.8. The number of methoxy groups -OCH3 is 1. The van der Waals surface area contributed by atoms with Gasteiger partial charge in [-0.05, 0) is 54.7 Å². The van der Waals surface area contributed by atoms with Gasteiger partial charge in [-0.1, -0.05) is 0 Å². The molecule has 9 heteroatoms. The zero-order valence-corrected chi connectivity index (χ0v) is 16.6. The van der Waals surface area contributed by atoms with Gasteiger partial charge in [-0.3, -0.25) is 4.57 Å². The van der Waals surface area contributed by atoms with Crippen molar-refractivity contribution in [2.75, 3.05) is 7.11 Å². The molecular weight excluding hydrogens is 412 g/mol. The van der Waals surface area contributed by atoms with Crippen molar-refractivity contribution in [1.82, 2.24) is 4.57 Å². The van der Waals surface area contributed by atoms with Gasteiger partial charge in [0.15, 0.2) is 9.67 Å². The van der Waals surface area contributed by atoms with Crippen LogP contribution >= 0.6 is 23.6 Å². The van der Waals surface area contributed by atoms with Gasteiger partial charge in [-0.15, -0.1) is 11.3 Å². The van der Waals surface area contributed by atoms with E-state index in [1.165, 1.54) is 23.8 Å². The summed E-state index contributed by atoms with van der Waals surface area (Å²) in [7, 11) is 1.52. The highest BCUT2D eigenvalue weighted by Gasteiger charge is 2.27.